The zero-order chi connectivity index (χ0) is 27.1. The van der Waals surface area contributed by atoms with Crippen LogP contribution in [-0.2, 0) is 0 Å². The van der Waals surface area contributed by atoms with Crippen molar-refractivity contribution in [2.45, 2.75) is 79.1 Å². The molecule has 38 heavy (non-hydrogen) atoms. The lowest BCUT2D eigenvalue weighted by molar-refractivity contribution is -0.929. The van der Waals surface area contributed by atoms with Gasteiger partial charge in [0.25, 0.3) is 0 Å². The highest BCUT2D eigenvalue weighted by atomic mass is 19.0. The van der Waals surface area contributed by atoms with E-state index >= 15 is 0 Å². The number of furan rings is 4. The fraction of sp³-hybridized carbons (Fsp3) is 0.500. The van der Waals surface area contributed by atoms with Gasteiger partial charge in [0, 0.05) is 0 Å². The van der Waals surface area contributed by atoms with Crippen molar-refractivity contribution in [1.82, 2.24) is 0 Å². The molecule has 0 aliphatic heterocycles. The van der Waals surface area contributed by atoms with Crippen LogP contribution in [0.3, 0.4) is 0 Å². The zero-order valence-electron chi connectivity index (χ0n) is 24.2. The monoisotopic (exact) mass is 533 g/mol. The molecule has 0 spiro atoms. The highest BCUT2D eigenvalue weighted by Gasteiger charge is 2.24. The molecule has 4 heterocycles. The van der Waals surface area contributed by atoms with Crippen molar-refractivity contribution in [1.29, 1.82) is 0 Å². The molecule has 0 N–H and O–H groups in total. The van der Waals surface area contributed by atoms with Gasteiger partial charge in [0.05, 0.1) is 76.3 Å². The first kappa shape index (κ1) is 37.2. The second-order valence-electron chi connectivity index (χ2n) is 8.82. The molecule has 6 heteroatoms. The molecule has 0 aromatic carbocycles. The average molecular weight is 534 g/mol. The molecule has 0 aliphatic rings. The van der Waals surface area contributed by atoms with Gasteiger partial charge in [0.15, 0.2) is 0 Å². The van der Waals surface area contributed by atoms with Gasteiger partial charge in [-0.3, -0.25) is 0 Å². The second kappa shape index (κ2) is 30.2. The van der Waals surface area contributed by atoms with E-state index in [0.29, 0.717) is 0 Å². The van der Waals surface area contributed by atoms with Gasteiger partial charge in [0.2, 0.25) is 0 Å². The lowest BCUT2D eigenvalue weighted by Gasteiger charge is -2.39. The Morgan fingerprint density at radius 2 is 0.553 bits per heavy atom. The molecule has 0 saturated carbocycles. The zero-order valence-corrected chi connectivity index (χ0v) is 24.2. The first-order valence-corrected chi connectivity index (χ1v) is 14.0. The number of nitrogens with zero attached hydrogens (tertiary/aromatic N) is 1. The molecule has 216 valence electrons. The van der Waals surface area contributed by atoms with Crippen LogP contribution < -0.4 is 4.70 Å². The largest absolute Gasteiger partial charge is 1.00 e. The Labute approximate surface area is 230 Å². The van der Waals surface area contributed by atoms with Crippen molar-refractivity contribution in [3.8, 4) is 0 Å². The predicted octanol–water partition coefficient (Wildman–Crippen LogP) is 7.13. The van der Waals surface area contributed by atoms with Gasteiger partial charge in [-0.15, -0.1) is 0 Å². The van der Waals surface area contributed by atoms with Gasteiger partial charge in [-0.2, -0.15) is 0 Å². The van der Waals surface area contributed by atoms with E-state index in [2.05, 4.69) is 45.4 Å². The standard InChI is InChI=1S/C16H36N.4C4H4O.FH/c1-5-9-13-17(14-10-6-2,15-11-7-3)16-12-8-4;4*1-2-4-5-3-1;/h5-16H2,1-4H3;4*1-4H;1H/q+1;;;;;/p-1. The number of hydrogen-bond acceptors (Lipinski definition) is 4. The molecule has 4 aromatic heterocycles. The summed E-state index contributed by atoms with van der Waals surface area (Å²) < 4.78 is 19.8. The summed E-state index contributed by atoms with van der Waals surface area (Å²) in [4.78, 5) is 0. The smallest absolute Gasteiger partial charge is 0.0902 e. The Kier molecular flexibility index (Phi) is 29.6. The van der Waals surface area contributed by atoms with Crippen LogP contribution in [0.1, 0.15) is 79.1 Å². The topological polar surface area (TPSA) is 52.6 Å². The first-order valence-electron chi connectivity index (χ1n) is 14.0. The summed E-state index contributed by atoms with van der Waals surface area (Å²) in [6, 6.07) is 14.7. The lowest BCUT2D eigenvalue weighted by Crippen LogP contribution is -3.00. The van der Waals surface area contributed by atoms with Crippen LogP contribution in [0.2, 0.25) is 0 Å². The Hall–Kier alpha value is -2.99. The third kappa shape index (κ3) is 24.7. The van der Waals surface area contributed by atoms with Gasteiger partial charge >= 0.3 is 0 Å². The summed E-state index contributed by atoms with van der Waals surface area (Å²) >= 11 is 0. The molecule has 0 atom stereocenters. The van der Waals surface area contributed by atoms with E-state index in [0.717, 1.165) is 0 Å². The first-order chi connectivity index (χ1) is 18.2. The van der Waals surface area contributed by atoms with Crippen molar-refractivity contribution < 1.29 is 26.9 Å². The Morgan fingerprint density at radius 1 is 0.368 bits per heavy atom. The maximum absolute atomic E-state index is 4.58. The molecule has 0 fully saturated rings. The summed E-state index contributed by atoms with van der Waals surface area (Å²) in [6.45, 7) is 15.0. The quantitative estimate of drug-likeness (QED) is 0.182. The normalized spacial score (nSPS) is 9.58. The van der Waals surface area contributed by atoms with Crippen molar-refractivity contribution in [3.63, 3.8) is 0 Å². The van der Waals surface area contributed by atoms with Gasteiger partial charge < -0.3 is 26.9 Å². The van der Waals surface area contributed by atoms with E-state index in [1.165, 1.54) is 82.0 Å². The maximum Gasteiger partial charge on any atom is 0.0902 e. The van der Waals surface area contributed by atoms with E-state index in [9.17, 15) is 0 Å². The molecule has 0 saturated heterocycles. The molecule has 0 aliphatic carbocycles. The van der Waals surface area contributed by atoms with Gasteiger partial charge in [-0.25, -0.2) is 0 Å². The Balaban J connectivity index is 0. The van der Waals surface area contributed by atoms with Crippen molar-refractivity contribution in [3.05, 3.63) is 98.6 Å². The highest BCUT2D eigenvalue weighted by molar-refractivity contribution is 4.80. The second-order valence-corrected chi connectivity index (χ2v) is 8.82. The number of quaternary nitrogens is 1. The van der Waals surface area contributed by atoms with Crippen LogP contribution in [0, 0.1) is 0 Å². The van der Waals surface area contributed by atoms with Crippen LogP contribution in [0.4, 0.5) is 0 Å². The van der Waals surface area contributed by atoms with Gasteiger partial charge in [0.1, 0.15) is 0 Å². The van der Waals surface area contributed by atoms with Crippen molar-refractivity contribution in [2.75, 3.05) is 26.2 Å². The highest BCUT2D eigenvalue weighted by Crippen LogP contribution is 2.16. The van der Waals surface area contributed by atoms with Crippen LogP contribution in [-0.4, -0.2) is 30.7 Å². The van der Waals surface area contributed by atoms with Gasteiger partial charge in [-0.1, -0.05) is 53.4 Å². The summed E-state index contributed by atoms with van der Waals surface area (Å²) in [7, 11) is 0. The summed E-state index contributed by atoms with van der Waals surface area (Å²) in [5, 5.41) is 0. The molecule has 5 nitrogen and oxygen atoms in total. The third-order valence-electron chi connectivity index (χ3n) is 5.65. The molecular formula is C32H52FNO4. The van der Waals surface area contributed by atoms with Crippen molar-refractivity contribution >= 4 is 0 Å². The summed E-state index contributed by atoms with van der Waals surface area (Å²) in [6.07, 6.45) is 24.1. The predicted molar refractivity (Wildman–Crippen MR) is 154 cm³/mol. The number of unbranched alkanes of at least 4 members (excludes halogenated alkanes) is 4. The third-order valence-corrected chi connectivity index (χ3v) is 5.65. The Morgan fingerprint density at radius 3 is 0.658 bits per heavy atom. The van der Waals surface area contributed by atoms with E-state index in [4.69, 9.17) is 0 Å². The molecule has 0 bridgehead atoms. The van der Waals surface area contributed by atoms with Gasteiger partial charge in [-0.05, 0) is 74.2 Å². The Bertz CT molecular complexity index is 589. The van der Waals surface area contributed by atoms with Crippen LogP contribution in [0.15, 0.2) is 116 Å². The number of rotatable bonds is 12. The summed E-state index contributed by atoms with van der Waals surface area (Å²) in [5.41, 5.74) is 0. The number of halogens is 1. The number of hydrogen-bond donors (Lipinski definition) is 0. The fourth-order valence-corrected chi connectivity index (χ4v) is 3.55. The molecular weight excluding hydrogens is 481 g/mol. The van der Waals surface area contributed by atoms with Crippen LogP contribution in [0.25, 0.3) is 0 Å². The molecule has 0 unspecified atom stereocenters. The molecule has 4 rings (SSSR count). The van der Waals surface area contributed by atoms with E-state index in [1.807, 2.05) is 48.5 Å². The maximum atomic E-state index is 4.58. The van der Waals surface area contributed by atoms with E-state index < -0.39 is 0 Å². The minimum Gasteiger partial charge on any atom is -1.00 e. The molecule has 0 amide bonds. The lowest BCUT2D eigenvalue weighted by atomic mass is 10.1. The molecule has 4 aromatic rings. The van der Waals surface area contributed by atoms with Crippen LogP contribution >= 0.6 is 0 Å². The minimum absolute atomic E-state index is 0. The minimum atomic E-state index is 0. The van der Waals surface area contributed by atoms with E-state index in [1.54, 1.807) is 50.1 Å². The average Bonchev–Trinajstić information content (AvgIpc) is 3.78. The fourth-order valence-electron chi connectivity index (χ4n) is 3.55. The molecule has 0 radical (unpaired) electrons. The van der Waals surface area contributed by atoms with E-state index in [-0.39, 0.29) is 4.70 Å². The van der Waals surface area contributed by atoms with Crippen LogP contribution in [0.5, 0.6) is 0 Å². The summed E-state index contributed by atoms with van der Waals surface area (Å²) in [5.74, 6) is 0. The SMILES string of the molecule is CCCC[N+](CCCC)(CCCC)CCCC.[F-].c1ccoc1.c1ccoc1.c1ccoc1.c1ccoc1. The van der Waals surface area contributed by atoms with Crippen molar-refractivity contribution in [2.24, 2.45) is 0 Å².